The predicted octanol–water partition coefficient (Wildman–Crippen LogP) is 0.689. The van der Waals surface area contributed by atoms with Crippen molar-refractivity contribution in [1.29, 1.82) is 0 Å². The van der Waals surface area contributed by atoms with Crippen molar-refractivity contribution in [3.05, 3.63) is 29.8 Å². The molecule has 0 radical (unpaired) electrons. The highest BCUT2D eigenvalue weighted by Gasteiger charge is 2.23. The molecule has 0 saturated heterocycles. The second-order valence-corrected chi connectivity index (χ2v) is 3.80. The third kappa shape index (κ3) is 2.16. The molecule has 2 nitrogen and oxygen atoms in total. The number of amides is 1. The number of nitrogens with one attached hydrogen (secondary N) is 1. The Hall–Kier alpha value is -1.25. The summed E-state index contributed by atoms with van der Waals surface area (Å²) in [5.41, 5.74) is 2.00. The molecule has 72 valence electrons. The van der Waals surface area contributed by atoms with Crippen molar-refractivity contribution < 1.29 is 4.79 Å². The van der Waals surface area contributed by atoms with Crippen LogP contribution in [-0.2, 0) is 0 Å². The Bertz CT molecular complexity index is 347. The molecule has 0 aromatic heterocycles. The van der Waals surface area contributed by atoms with Crippen LogP contribution in [0.3, 0.4) is 0 Å². The molecule has 1 aromatic carbocycles. The van der Waals surface area contributed by atoms with Gasteiger partial charge >= 0.3 is 0 Å². The zero-order valence-corrected chi connectivity index (χ0v) is 8.42. The highest BCUT2D eigenvalue weighted by Crippen LogP contribution is 2.19. The van der Waals surface area contributed by atoms with Gasteiger partial charge in [0.1, 0.15) is 0 Å². The van der Waals surface area contributed by atoms with Crippen LogP contribution < -0.4 is 10.8 Å². The molecule has 0 spiro atoms. The number of hydrogen-bond acceptors (Lipinski definition) is 1. The average molecular weight is 187 g/mol. The third-order valence-corrected chi connectivity index (χ3v) is 2.51. The Labute approximate surface area is 84.9 Å². The van der Waals surface area contributed by atoms with Gasteiger partial charge in [0.25, 0.3) is 5.91 Å². The largest absolute Gasteiger partial charge is 0.349 e. The van der Waals surface area contributed by atoms with Gasteiger partial charge in [-0.3, -0.25) is 4.79 Å². The summed E-state index contributed by atoms with van der Waals surface area (Å²) in [6, 6.07) is 8.27. The molecule has 0 heterocycles. The first-order valence-corrected chi connectivity index (χ1v) is 5.19. The zero-order valence-electron chi connectivity index (χ0n) is 8.42. The van der Waals surface area contributed by atoms with E-state index in [0.29, 0.717) is 6.04 Å². The highest BCUT2D eigenvalue weighted by atomic mass is 16.1. The van der Waals surface area contributed by atoms with Gasteiger partial charge in [0.05, 0.1) is 0 Å². The summed E-state index contributed by atoms with van der Waals surface area (Å²) >= 11 is 0. The average Bonchev–Trinajstić information content (AvgIpc) is 3.02. The first kappa shape index (κ1) is 9.32. The first-order valence-electron chi connectivity index (χ1n) is 5.19. The molecule has 0 bridgehead atoms. The van der Waals surface area contributed by atoms with Crippen LogP contribution in [0.5, 0.6) is 0 Å². The number of rotatable bonds is 3. The highest BCUT2D eigenvalue weighted by molar-refractivity contribution is 6.52. The van der Waals surface area contributed by atoms with Crippen molar-refractivity contribution in [2.45, 2.75) is 25.7 Å². The van der Waals surface area contributed by atoms with Gasteiger partial charge < -0.3 is 5.32 Å². The van der Waals surface area contributed by atoms with E-state index in [-0.39, 0.29) is 5.91 Å². The van der Waals surface area contributed by atoms with E-state index in [9.17, 15) is 4.79 Å². The maximum absolute atomic E-state index is 11.7. The molecule has 1 N–H and O–H groups in total. The lowest BCUT2D eigenvalue weighted by Gasteiger charge is -2.04. The molecular formula is C11H14BNO. The minimum atomic E-state index is 0.0720. The van der Waals surface area contributed by atoms with Crippen molar-refractivity contribution in [3.8, 4) is 0 Å². The van der Waals surface area contributed by atoms with Gasteiger partial charge in [-0.2, -0.15) is 0 Å². The van der Waals surface area contributed by atoms with Crippen LogP contribution >= 0.6 is 0 Å². The summed E-state index contributed by atoms with van der Waals surface area (Å²) in [5, 5.41) is 2.98. The van der Waals surface area contributed by atoms with Crippen LogP contribution in [0, 0.1) is 0 Å². The molecule has 14 heavy (non-hydrogen) atoms. The molecule has 1 amide bonds. The van der Waals surface area contributed by atoms with Crippen molar-refractivity contribution >= 4 is 18.6 Å². The van der Waals surface area contributed by atoms with E-state index in [1.807, 2.05) is 24.3 Å². The van der Waals surface area contributed by atoms with Gasteiger partial charge in [0.2, 0.25) is 0 Å². The van der Waals surface area contributed by atoms with Crippen molar-refractivity contribution in [1.82, 2.24) is 5.32 Å². The smallest absolute Gasteiger partial charge is 0.251 e. The number of hydrogen-bond donors (Lipinski definition) is 1. The Kier molecular flexibility index (Phi) is 2.57. The van der Waals surface area contributed by atoms with Gasteiger partial charge in [0.15, 0.2) is 7.28 Å². The lowest BCUT2D eigenvalue weighted by Crippen LogP contribution is -2.26. The molecule has 0 aliphatic heterocycles. The van der Waals surface area contributed by atoms with Crippen molar-refractivity contribution in [3.63, 3.8) is 0 Å². The molecule has 1 fully saturated rings. The Morgan fingerprint density at radius 1 is 1.50 bits per heavy atom. The zero-order chi connectivity index (χ0) is 9.97. The Morgan fingerprint density at radius 3 is 2.93 bits per heavy atom. The van der Waals surface area contributed by atoms with Crippen LogP contribution in [0.25, 0.3) is 0 Å². The molecule has 3 heteroatoms. The van der Waals surface area contributed by atoms with E-state index in [2.05, 4.69) is 12.1 Å². The Morgan fingerprint density at radius 2 is 2.29 bits per heavy atom. The normalized spacial score (nSPS) is 14.9. The molecule has 1 aliphatic rings. The van der Waals surface area contributed by atoms with Crippen LogP contribution in [0.15, 0.2) is 24.3 Å². The topological polar surface area (TPSA) is 29.1 Å². The lowest BCUT2D eigenvalue weighted by molar-refractivity contribution is 0.0951. The monoisotopic (exact) mass is 187 g/mol. The maximum Gasteiger partial charge on any atom is 0.251 e. The molecular weight excluding hydrogens is 173 g/mol. The molecule has 2 rings (SSSR count). The summed E-state index contributed by atoms with van der Waals surface area (Å²) in [5.74, 6) is 0.0720. The molecule has 1 aliphatic carbocycles. The number of carbonyl (C=O) groups excluding carboxylic acids is 1. The number of benzene rings is 1. The summed E-state index contributed by atoms with van der Waals surface area (Å²) in [4.78, 5) is 11.7. The summed E-state index contributed by atoms with van der Waals surface area (Å²) < 4.78 is 0. The minimum absolute atomic E-state index is 0.0720. The SMILES string of the molecule is CBc1cccc(C(=O)NC2CC2)c1. The first-order chi connectivity index (χ1) is 6.79. The fraction of sp³-hybridized carbons (Fsp3) is 0.364. The van der Waals surface area contributed by atoms with Crippen LogP contribution in [0.1, 0.15) is 23.2 Å². The van der Waals surface area contributed by atoms with E-state index in [1.54, 1.807) is 0 Å². The third-order valence-electron chi connectivity index (χ3n) is 2.51. The molecule has 0 atom stereocenters. The summed E-state index contributed by atoms with van der Waals surface area (Å²) in [7, 11) is 0.977. The van der Waals surface area contributed by atoms with Gasteiger partial charge in [-0.15, -0.1) is 0 Å². The molecule has 1 saturated carbocycles. The van der Waals surface area contributed by atoms with E-state index in [1.165, 1.54) is 5.46 Å². The fourth-order valence-electron chi connectivity index (χ4n) is 1.43. The predicted molar refractivity (Wildman–Crippen MR) is 59.6 cm³/mol. The maximum atomic E-state index is 11.7. The van der Waals surface area contributed by atoms with E-state index in [4.69, 9.17) is 0 Å². The lowest BCUT2D eigenvalue weighted by atomic mass is 9.73. The standard InChI is InChI=1S/C11H14BNO/c1-12-9-4-2-3-8(7-9)11(14)13-10-5-6-10/h2-4,7,10,12H,5-6H2,1H3,(H,13,14). The fourth-order valence-corrected chi connectivity index (χ4v) is 1.43. The Balaban J connectivity index is 2.09. The van der Waals surface area contributed by atoms with E-state index in [0.717, 1.165) is 25.7 Å². The van der Waals surface area contributed by atoms with Crippen LogP contribution in [0.2, 0.25) is 6.82 Å². The van der Waals surface area contributed by atoms with Gasteiger partial charge in [-0.1, -0.05) is 30.5 Å². The van der Waals surface area contributed by atoms with Crippen LogP contribution in [-0.4, -0.2) is 19.2 Å². The number of carbonyl (C=O) groups is 1. The van der Waals surface area contributed by atoms with Gasteiger partial charge in [-0.25, -0.2) is 0 Å². The molecule has 1 aromatic rings. The van der Waals surface area contributed by atoms with E-state index < -0.39 is 0 Å². The quantitative estimate of drug-likeness (QED) is 0.693. The second-order valence-electron chi connectivity index (χ2n) is 3.80. The van der Waals surface area contributed by atoms with Crippen LogP contribution in [0.4, 0.5) is 0 Å². The summed E-state index contributed by atoms with van der Waals surface area (Å²) in [6.45, 7) is 2.10. The van der Waals surface area contributed by atoms with E-state index >= 15 is 0 Å². The van der Waals surface area contributed by atoms with Crippen molar-refractivity contribution in [2.75, 3.05) is 0 Å². The molecule has 0 unspecified atom stereocenters. The minimum Gasteiger partial charge on any atom is -0.349 e. The van der Waals surface area contributed by atoms with Gasteiger partial charge in [-0.05, 0) is 18.9 Å². The van der Waals surface area contributed by atoms with Crippen molar-refractivity contribution in [2.24, 2.45) is 0 Å². The van der Waals surface area contributed by atoms with Gasteiger partial charge in [0, 0.05) is 11.6 Å². The summed E-state index contributed by atoms with van der Waals surface area (Å²) in [6.07, 6.45) is 2.28. The second kappa shape index (κ2) is 3.87.